The Bertz CT molecular complexity index is 971. The third-order valence-corrected chi connectivity index (χ3v) is 4.92. The SMILES string of the molecule is COC(=O)[C@@H](CC(C)C)N(C(=O)c1ccc2ccccc2c1)C(=O)[C@@H](N)CCC(=O)O. The molecule has 0 aromatic heterocycles. The lowest BCUT2D eigenvalue weighted by molar-refractivity contribution is -0.152. The standard InChI is InChI=1S/C23H28N2O6/c1-14(2)12-19(23(30)31-3)25(22(29)18(24)10-11-20(26)27)21(28)17-9-8-15-6-4-5-7-16(15)13-17/h4-9,13-14,18-19H,10-12,24H2,1-3H3,(H,26,27)/t18-,19+/m0/s1. The van der Waals surface area contributed by atoms with E-state index < -0.39 is 35.8 Å². The molecule has 0 radical (unpaired) electrons. The quantitative estimate of drug-likeness (QED) is 0.588. The molecule has 0 bridgehead atoms. The van der Waals surface area contributed by atoms with Gasteiger partial charge in [0.25, 0.3) is 5.91 Å². The Morgan fingerprint density at radius 2 is 1.71 bits per heavy atom. The van der Waals surface area contributed by atoms with Crippen LogP contribution in [-0.2, 0) is 19.1 Å². The Labute approximate surface area is 181 Å². The van der Waals surface area contributed by atoms with Crippen molar-refractivity contribution < 1.29 is 29.0 Å². The number of carbonyl (C=O) groups excluding carboxylic acids is 3. The van der Waals surface area contributed by atoms with E-state index >= 15 is 0 Å². The molecule has 2 atom stereocenters. The zero-order valence-corrected chi connectivity index (χ0v) is 17.9. The van der Waals surface area contributed by atoms with Crippen LogP contribution in [0.5, 0.6) is 0 Å². The second-order valence-corrected chi connectivity index (χ2v) is 7.78. The Balaban J connectivity index is 2.49. The molecule has 2 aromatic carbocycles. The average Bonchev–Trinajstić information content (AvgIpc) is 2.75. The van der Waals surface area contributed by atoms with Crippen molar-refractivity contribution in [1.29, 1.82) is 0 Å². The van der Waals surface area contributed by atoms with Gasteiger partial charge in [-0.15, -0.1) is 0 Å². The van der Waals surface area contributed by atoms with Crippen molar-refractivity contribution in [2.24, 2.45) is 11.7 Å². The molecule has 2 rings (SSSR count). The van der Waals surface area contributed by atoms with E-state index in [2.05, 4.69) is 0 Å². The smallest absolute Gasteiger partial charge is 0.329 e. The van der Waals surface area contributed by atoms with Gasteiger partial charge in [0.2, 0.25) is 5.91 Å². The maximum atomic E-state index is 13.4. The molecule has 0 saturated heterocycles. The first-order valence-corrected chi connectivity index (χ1v) is 10.1. The highest BCUT2D eigenvalue weighted by molar-refractivity contribution is 6.09. The molecule has 8 heteroatoms. The number of fused-ring (bicyclic) bond motifs is 1. The minimum absolute atomic E-state index is 0.0287. The predicted octanol–water partition coefficient (Wildman–Crippen LogP) is 2.59. The fourth-order valence-electron chi connectivity index (χ4n) is 3.33. The van der Waals surface area contributed by atoms with Gasteiger partial charge in [-0.25, -0.2) is 4.79 Å². The molecule has 0 spiro atoms. The number of amides is 2. The number of nitrogens with zero attached hydrogens (tertiary/aromatic N) is 1. The van der Waals surface area contributed by atoms with Gasteiger partial charge in [-0.05, 0) is 41.7 Å². The number of aliphatic carboxylic acids is 1. The number of carboxylic acids is 1. The number of carboxylic acid groups (broad SMARTS) is 1. The monoisotopic (exact) mass is 428 g/mol. The van der Waals surface area contributed by atoms with Crippen LogP contribution in [0.2, 0.25) is 0 Å². The van der Waals surface area contributed by atoms with E-state index in [9.17, 15) is 19.2 Å². The van der Waals surface area contributed by atoms with Gasteiger partial charge in [0.15, 0.2) is 0 Å². The summed E-state index contributed by atoms with van der Waals surface area (Å²) in [7, 11) is 1.18. The van der Waals surface area contributed by atoms with E-state index in [0.29, 0.717) is 0 Å². The Morgan fingerprint density at radius 1 is 1.06 bits per heavy atom. The highest BCUT2D eigenvalue weighted by Crippen LogP contribution is 2.22. The first-order valence-electron chi connectivity index (χ1n) is 10.1. The minimum atomic E-state index is -1.25. The van der Waals surface area contributed by atoms with Crippen molar-refractivity contribution in [3.8, 4) is 0 Å². The third kappa shape index (κ3) is 6.11. The molecule has 8 nitrogen and oxygen atoms in total. The van der Waals surface area contributed by atoms with Gasteiger partial charge in [0.1, 0.15) is 6.04 Å². The molecule has 0 saturated carbocycles. The first-order chi connectivity index (χ1) is 14.6. The number of benzene rings is 2. The van der Waals surface area contributed by atoms with Gasteiger partial charge < -0.3 is 15.6 Å². The normalized spacial score (nSPS) is 12.9. The van der Waals surface area contributed by atoms with Crippen LogP contribution in [0.25, 0.3) is 10.8 Å². The molecule has 166 valence electrons. The van der Waals surface area contributed by atoms with Crippen molar-refractivity contribution >= 4 is 34.5 Å². The molecule has 3 N–H and O–H groups in total. The number of hydrogen-bond acceptors (Lipinski definition) is 6. The zero-order chi connectivity index (χ0) is 23.1. The molecular weight excluding hydrogens is 400 g/mol. The van der Waals surface area contributed by atoms with Gasteiger partial charge in [-0.3, -0.25) is 19.3 Å². The van der Waals surface area contributed by atoms with Crippen LogP contribution in [0.15, 0.2) is 42.5 Å². The molecule has 2 amide bonds. The van der Waals surface area contributed by atoms with E-state index in [1.807, 2.05) is 38.1 Å². The summed E-state index contributed by atoms with van der Waals surface area (Å²) in [5.74, 6) is -3.36. The summed E-state index contributed by atoms with van der Waals surface area (Å²) >= 11 is 0. The van der Waals surface area contributed by atoms with E-state index in [0.717, 1.165) is 15.7 Å². The van der Waals surface area contributed by atoms with Crippen molar-refractivity contribution in [3.63, 3.8) is 0 Å². The topological polar surface area (TPSA) is 127 Å². The summed E-state index contributed by atoms with van der Waals surface area (Å²) < 4.78 is 4.86. The van der Waals surface area contributed by atoms with Crippen LogP contribution in [0.3, 0.4) is 0 Å². The molecule has 31 heavy (non-hydrogen) atoms. The van der Waals surface area contributed by atoms with Gasteiger partial charge in [-0.2, -0.15) is 0 Å². The lowest BCUT2D eigenvalue weighted by Crippen LogP contribution is -2.55. The van der Waals surface area contributed by atoms with Crippen molar-refractivity contribution in [2.45, 2.75) is 45.2 Å². The summed E-state index contributed by atoms with van der Waals surface area (Å²) in [6.07, 6.45) is -0.313. The first kappa shape index (κ1) is 24.0. The Kier molecular flexibility index (Phi) is 8.27. The number of carbonyl (C=O) groups is 4. The van der Waals surface area contributed by atoms with Gasteiger partial charge in [0.05, 0.1) is 13.2 Å². The number of ether oxygens (including phenoxy) is 1. The van der Waals surface area contributed by atoms with Crippen LogP contribution >= 0.6 is 0 Å². The number of methoxy groups -OCH3 is 1. The molecule has 0 aliphatic heterocycles. The summed E-state index contributed by atoms with van der Waals surface area (Å²) in [5, 5.41) is 10.6. The maximum absolute atomic E-state index is 13.4. The summed E-state index contributed by atoms with van der Waals surface area (Å²) in [6.45, 7) is 3.70. The zero-order valence-electron chi connectivity index (χ0n) is 17.9. The third-order valence-electron chi connectivity index (χ3n) is 4.92. The number of esters is 1. The number of rotatable bonds is 9. The molecular formula is C23H28N2O6. The molecule has 0 fully saturated rings. The fraction of sp³-hybridized carbons (Fsp3) is 0.391. The second kappa shape index (κ2) is 10.7. The van der Waals surface area contributed by atoms with E-state index in [1.165, 1.54) is 7.11 Å². The molecule has 2 aromatic rings. The molecule has 0 unspecified atom stereocenters. The average molecular weight is 428 g/mol. The fourth-order valence-corrected chi connectivity index (χ4v) is 3.33. The van der Waals surface area contributed by atoms with Gasteiger partial charge >= 0.3 is 11.9 Å². The van der Waals surface area contributed by atoms with Crippen LogP contribution in [0, 0.1) is 5.92 Å². The van der Waals surface area contributed by atoms with Crippen LogP contribution in [0.1, 0.15) is 43.5 Å². The van der Waals surface area contributed by atoms with E-state index in [-0.39, 0.29) is 30.7 Å². The van der Waals surface area contributed by atoms with Gasteiger partial charge in [0, 0.05) is 12.0 Å². The lowest BCUT2D eigenvalue weighted by atomic mass is 9.99. The predicted molar refractivity (Wildman–Crippen MR) is 115 cm³/mol. The summed E-state index contributed by atoms with van der Waals surface area (Å²) in [5.41, 5.74) is 6.14. The van der Waals surface area contributed by atoms with Crippen LogP contribution in [-0.4, -0.2) is 53.0 Å². The van der Waals surface area contributed by atoms with E-state index in [4.69, 9.17) is 15.6 Å². The highest BCUT2D eigenvalue weighted by Gasteiger charge is 2.38. The number of hydrogen-bond donors (Lipinski definition) is 2. The summed E-state index contributed by atoms with van der Waals surface area (Å²) in [6, 6.07) is 9.99. The Morgan fingerprint density at radius 3 is 2.29 bits per heavy atom. The molecule has 0 heterocycles. The molecule has 0 aliphatic rings. The highest BCUT2D eigenvalue weighted by atomic mass is 16.5. The largest absolute Gasteiger partial charge is 0.481 e. The van der Waals surface area contributed by atoms with Gasteiger partial charge in [-0.1, -0.05) is 44.2 Å². The molecule has 0 aliphatic carbocycles. The van der Waals surface area contributed by atoms with Crippen LogP contribution in [0.4, 0.5) is 0 Å². The maximum Gasteiger partial charge on any atom is 0.329 e. The number of nitrogens with two attached hydrogens (primary N) is 1. The van der Waals surface area contributed by atoms with E-state index in [1.54, 1.807) is 18.2 Å². The second-order valence-electron chi connectivity index (χ2n) is 7.78. The van der Waals surface area contributed by atoms with Crippen LogP contribution < -0.4 is 5.73 Å². The minimum Gasteiger partial charge on any atom is -0.481 e. The van der Waals surface area contributed by atoms with Crippen molar-refractivity contribution in [3.05, 3.63) is 48.0 Å². The summed E-state index contributed by atoms with van der Waals surface area (Å²) in [4.78, 5) is 50.8. The number of imide groups is 1. The lowest BCUT2D eigenvalue weighted by Gasteiger charge is -2.31. The Hall–Kier alpha value is -3.26. The van der Waals surface area contributed by atoms with Crippen molar-refractivity contribution in [2.75, 3.05) is 7.11 Å². The van der Waals surface area contributed by atoms with Crippen molar-refractivity contribution in [1.82, 2.24) is 4.90 Å².